The standard InChI is InChI=1S/C64H41N3O2/c1-5-16-42(17-6-1)44-28-34-47(35-29-44)61-65-62(48-36-30-45(31-37-48)43-18-7-2-8-19-43)67-63(66-61)49-38-32-46(33-39-49)52-25-15-27-57-60(52)69-58-40-54-53-24-13-14-26-55(53)64(50-20-9-3-10-21-50,51-22-11-4-12-23-51)56(54)41-59(58)68-57/h1-41H. The van der Waals surface area contributed by atoms with Gasteiger partial charge in [-0.15, -0.1) is 0 Å². The lowest BCUT2D eigenvalue weighted by Crippen LogP contribution is -2.28. The Bertz CT molecular complexity index is 3530. The van der Waals surface area contributed by atoms with Crippen molar-refractivity contribution in [3.8, 4) is 102 Å². The first-order chi connectivity index (χ1) is 34.2. The van der Waals surface area contributed by atoms with E-state index in [-0.39, 0.29) is 0 Å². The summed E-state index contributed by atoms with van der Waals surface area (Å²) in [5.41, 5.74) is 15.7. The summed E-state index contributed by atoms with van der Waals surface area (Å²) in [5.74, 6) is 4.48. The predicted octanol–water partition coefficient (Wildman–Crippen LogP) is 16.1. The largest absolute Gasteiger partial charge is 0.449 e. The summed E-state index contributed by atoms with van der Waals surface area (Å²) >= 11 is 0. The number of hydrogen-bond acceptors (Lipinski definition) is 5. The lowest BCUT2D eigenvalue weighted by atomic mass is 9.67. The van der Waals surface area contributed by atoms with Gasteiger partial charge < -0.3 is 9.47 Å². The van der Waals surface area contributed by atoms with E-state index in [1.54, 1.807) is 0 Å². The van der Waals surface area contributed by atoms with Crippen molar-refractivity contribution in [3.05, 3.63) is 271 Å². The van der Waals surface area contributed by atoms with E-state index in [0.29, 0.717) is 40.5 Å². The van der Waals surface area contributed by atoms with Gasteiger partial charge in [0.05, 0.1) is 5.41 Å². The second-order valence-corrected chi connectivity index (χ2v) is 17.5. The van der Waals surface area contributed by atoms with Crippen molar-refractivity contribution in [2.75, 3.05) is 0 Å². The minimum atomic E-state index is -0.545. The Morgan fingerprint density at radius 2 is 0.667 bits per heavy atom. The Morgan fingerprint density at radius 1 is 0.261 bits per heavy atom. The van der Waals surface area contributed by atoms with E-state index in [0.717, 1.165) is 61.2 Å². The number of ether oxygens (including phenoxy) is 2. The molecule has 11 aromatic rings. The molecular formula is C64H41N3O2. The highest BCUT2D eigenvalue weighted by atomic mass is 16.6. The number of nitrogens with zero attached hydrogens (tertiary/aromatic N) is 3. The molecule has 0 bridgehead atoms. The van der Waals surface area contributed by atoms with Crippen molar-refractivity contribution < 1.29 is 9.47 Å². The van der Waals surface area contributed by atoms with Crippen molar-refractivity contribution in [1.82, 2.24) is 15.0 Å². The summed E-state index contributed by atoms with van der Waals surface area (Å²) in [6, 6.07) is 86.7. The monoisotopic (exact) mass is 883 g/mol. The third-order valence-corrected chi connectivity index (χ3v) is 13.5. The van der Waals surface area contributed by atoms with Crippen LogP contribution in [-0.2, 0) is 5.41 Å². The molecule has 0 saturated heterocycles. The third kappa shape index (κ3) is 6.90. The number of rotatable bonds is 8. The van der Waals surface area contributed by atoms with E-state index in [9.17, 15) is 0 Å². The van der Waals surface area contributed by atoms with Gasteiger partial charge in [-0.1, -0.05) is 231 Å². The van der Waals surface area contributed by atoms with Crippen LogP contribution < -0.4 is 9.47 Å². The summed E-state index contributed by atoms with van der Waals surface area (Å²) in [6.07, 6.45) is 0. The van der Waals surface area contributed by atoms with E-state index in [1.807, 2.05) is 24.3 Å². The van der Waals surface area contributed by atoms with E-state index in [2.05, 4.69) is 224 Å². The van der Waals surface area contributed by atoms with Crippen LogP contribution in [0, 0.1) is 0 Å². The minimum Gasteiger partial charge on any atom is -0.449 e. The van der Waals surface area contributed by atoms with E-state index < -0.39 is 5.41 Å². The Kier molecular flexibility index (Phi) is 9.65. The molecule has 5 heteroatoms. The minimum absolute atomic E-state index is 0.545. The molecule has 0 radical (unpaired) electrons. The summed E-state index contributed by atoms with van der Waals surface area (Å²) < 4.78 is 13.8. The lowest BCUT2D eigenvalue weighted by Gasteiger charge is -2.34. The number of para-hydroxylation sites is 1. The topological polar surface area (TPSA) is 57.1 Å². The summed E-state index contributed by atoms with van der Waals surface area (Å²) in [7, 11) is 0. The molecule has 69 heavy (non-hydrogen) atoms. The van der Waals surface area contributed by atoms with Crippen molar-refractivity contribution >= 4 is 0 Å². The molecule has 0 N–H and O–H groups in total. The summed E-state index contributed by atoms with van der Waals surface area (Å²) in [6.45, 7) is 0. The average Bonchev–Trinajstić information content (AvgIpc) is 3.72. The zero-order valence-electron chi connectivity index (χ0n) is 37.3. The molecule has 0 atom stereocenters. The molecule has 1 aromatic heterocycles. The second kappa shape index (κ2) is 16.6. The van der Waals surface area contributed by atoms with Crippen LogP contribution in [-0.4, -0.2) is 15.0 Å². The van der Waals surface area contributed by atoms with Crippen molar-refractivity contribution in [1.29, 1.82) is 0 Å². The van der Waals surface area contributed by atoms with Gasteiger partial charge in [-0.3, -0.25) is 0 Å². The Labute approximate surface area is 400 Å². The summed E-state index contributed by atoms with van der Waals surface area (Å²) in [5, 5.41) is 0. The SMILES string of the molecule is c1ccc(-c2ccc(-c3nc(-c4ccc(-c5ccccc5)cc4)nc(-c4ccc(-c5cccc6c5Oc5cc7c(cc5O6)C(c5ccccc5)(c5ccccc5)c5ccccc5-7)cc4)n3)cc2)cc1. The molecule has 2 heterocycles. The Morgan fingerprint density at radius 3 is 1.19 bits per heavy atom. The van der Waals surface area contributed by atoms with Gasteiger partial charge in [-0.2, -0.15) is 0 Å². The zero-order chi connectivity index (χ0) is 45.7. The van der Waals surface area contributed by atoms with Gasteiger partial charge in [-0.25, -0.2) is 15.0 Å². The average molecular weight is 884 g/mol. The van der Waals surface area contributed by atoms with Gasteiger partial charge in [0.25, 0.3) is 0 Å². The van der Waals surface area contributed by atoms with Crippen LogP contribution in [0.25, 0.3) is 78.7 Å². The van der Waals surface area contributed by atoms with Crippen LogP contribution in [0.3, 0.4) is 0 Å². The van der Waals surface area contributed by atoms with Gasteiger partial charge in [0.15, 0.2) is 40.5 Å². The highest BCUT2D eigenvalue weighted by Gasteiger charge is 2.47. The fourth-order valence-electron chi connectivity index (χ4n) is 10.2. The number of fused-ring (bicyclic) bond motifs is 5. The molecule has 5 nitrogen and oxygen atoms in total. The highest BCUT2D eigenvalue weighted by Crippen LogP contribution is 2.60. The van der Waals surface area contributed by atoms with Gasteiger partial charge >= 0.3 is 0 Å². The van der Waals surface area contributed by atoms with E-state index >= 15 is 0 Å². The molecule has 0 unspecified atom stereocenters. The normalized spacial score (nSPS) is 12.7. The van der Waals surface area contributed by atoms with Crippen LogP contribution in [0.1, 0.15) is 22.3 Å². The van der Waals surface area contributed by atoms with Crippen LogP contribution in [0.5, 0.6) is 23.0 Å². The summed E-state index contributed by atoms with van der Waals surface area (Å²) in [4.78, 5) is 15.2. The first-order valence-electron chi connectivity index (χ1n) is 23.2. The Hall–Kier alpha value is -9.19. The van der Waals surface area contributed by atoms with Crippen molar-refractivity contribution in [3.63, 3.8) is 0 Å². The van der Waals surface area contributed by atoms with E-state index in [4.69, 9.17) is 24.4 Å². The van der Waals surface area contributed by atoms with Crippen molar-refractivity contribution in [2.24, 2.45) is 0 Å². The van der Waals surface area contributed by atoms with Gasteiger partial charge in [0.1, 0.15) is 0 Å². The molecular weight excluding hydrogens is 843 g/mol. The van der Waals surface area contributed by atoms with Crippen LogP contribution in [0.2, 0.25) is 0 Å². The fourth-order valence-corrected chi connectivity index (χ4v) is 10.2. The molecule has 0 fully saturated rings. The number of hydrogen-bond donors (Lipinski definition) is 0. The van der Waals surface area contributed by atoms with Gasteiger partial charge in [0.2, 0.25) is 0 Å². The number of aromatic nitrogens is 3. The maximum atomic E-state index is 6.94. The van der Waals surface area contributed by atoms with Crippen LogP contribution >= 0.6 is 0 Å². The molecule has 10 aromatic carbocycles. The number of benzene rings is 10. The molecule has 0 spiro atoms. The first kappa shape index (κ1) is 40.1. The second-order valence-electron chi connectivity index (χ2n) is 17.5. The molecule has 324 valence electrons. The zero-order valence-corrected chi connectivity index (χ0v) is 37.3. The van der Waals surface area contributed by atoms with Gasteiger partial charge in [0, 0.05) is 22.3 Å². The van der Waals surface area contributed by atoms with Crippen molar-refractivity contribution in [2.45, 2.75) is 5.41 Å². The smallest absolute Gasteiger partial charge is 0.177 e. The van der Waals surface area contributed by atoms with Gasteiger partial charge in [-0.05, 0) is 79.4 Å². The predicted molar refractivity (Wildman–Crippen MR) is 276 cm³/mol. The Balaban J connectivity index is 0.861. The molecule has 1 aliphatic carbocycles. The molecule has 0 saturated carbocycles. The van der Waals surface area contributed by atoms with E-state index in [1.165, 1.54) is 22.3 Å². The lowest BCUT2D eigenvalue weighted by molar-refractivity contribution is 0.360. The quantitative estimate of drug-likeness (QED) is 0.152. The van der Waals surface area contributed by atoms with Crippen LogP contribution in [0.4, 0.5) is 0 Å². The molecule has 1 aliphatic heterocycles. The fraction of sp³-hybridized carbons (Fsp3) is 0.0156. The maximum Gasteiger partial charge on any atom is 0.177 e. The molecule has 2 aliphatic rings. The maximum absolute atomic E-state index is 6.94. The first-order valence-corrected chi connectivity index (χ1v) is 23.2. The van der Waals surface area contributed by atoms with Crippen LogP contribution in [0.15, 0.2) is 249 Å². The third-order valence-electron chi connectivity index (χ3n) is 13.5. The molecule has 0 amide bonds. The highest BCUT2D eigenvalue weighted by molar-refractivity contribution is 5.89. The molecule has 13 rings (SSSR count).